The van der Waals surface area contributed by atoms with Gasteiger partial charge >= 0.3 is 6.09 Å². The van der Waals surface area contributed by atoms with Crippen LogP contribution >= 0.6 is 0 Å². The highest BCUT2D eigenvalue weighted by Crippen LogP contribution is 2.64. The number of alkyl carbamates (subject to hydrolysis) is 1. The van der Waals surface area contributed by atoms with Crippen molar-refractivity contribution in [3.63, 3.8) is 0 Å². The number of hydrogen-bond donors (Lipinski definition) is 3. The van der Waals surface area contributed by atoms with Crippen LogP contribution in [0, 0.1) is 17.3 Å². The number of nitrogens with zero attached hydrogens (tertiary/aromatic N) is 2. The van der Waals surface area contributed by atoms with Crippen molar-refractivity contribution in [1.82, 2.24) is 19.8 Å². The first kappa shape index (κ1) is 35.8. The summed E-state index contributed by atoms with van der Waals surface area (Å²) in [7, 11) is -5.40. The molecule has 0 spiro atoms. The van der Waals surface area contributed by atoms with Crippen molar-refractivity contribution < 1.29 is 32.6 Å². The SMILES string of the molecule is CC(C)(C)OC(=O)N[C@H]1CN(S(=O)(=O)CC[Si](C)(C)C)CCCCCCC[C@@H](CO)NC(=O)[C@@H]2[C@@H]3[C@H](CN2C1=O)C3(C)C. The van der Waals surface area contributed by atoms with Crippen molar-refractivity contribution >= 4 is 36.0 Å². The van der Waals surface area contributed by atoms with Gasteiger partial charge in [0, 0.05) is 27.7 Å². The molecule has 0 aromatic heterocycles. The molecule has 0 aromatic carbocycles. The second-order valence-electron chi connectivity index (χ2n) is 15.5. The molecule has 1 saturated carbocycles. The Morgan fingerprint density at radius 1 is 1.09 bits per heavy atom. The molecule has 3 aliphatic rings. The van der Waals surface area contributed by atoms with E-state index in [1.54, 1.807) is 20.8 Å². The van der Waals surface area contributed by atoms with E-state index in [0.717, 1.165) is 25.7 Å². The molecular weight excluding hydrogens is 589 g/mol. The van der Waals surface area contributed by atoms with E-state index in [0.29, 0.717) is 25.4 Å². The second-order valence-corrected chi connectivity index (χ2v) is 23.2. The molecule has 3 amide bonds. The van der Waals surface area contributed by atoms with Gasteiger partial charge in [0.25, 0.3) is 0 Å². The summed E-state index contributed by atoms with van der Waals surface area (Å²) in [5.41, 5.74) is -0.954. The normalized spacial score (nSPS) is 29.8. The maximum absolute atomic E-state index is 14.3. The van der Waals surface area contributed by atoms with Crippen LogP contribution in [-0.2, 0) is 24.3 Å². The zero-order valence-electron chi connectivity index (χ0n) is 27.6. The third-order valence-corrected chi connectivity index (χ3v) is 13.1. The van der Waals surface area contributed by atoms with Crippen molar-refractivity contribution in [3.8, 4) is 0 Å². The Kier molecular flexibility index (Phi) is 11.4. The molecular formula is C30H56N4O7SSi. The van der Waals surface area contributed by atoms with E-state index in [4.69, 9.17) is 4.74 Å². The zero-order valence-corrected chi connectivity index (χ0v) is 29.4. The molecule has 248 valence electrons. The number of hydrogen-bond acceptors (Lipinski definition) is 7. The Labute approximate surface area is 259 Å². The predicted octanol–water partition coefficient (Wildman–Crippen LogP) is 3.16. The van der Waals surface area contributed by atoms with Crippen molar-refractivity contribution in [3.05, 3.63) is 0 Å². The number of aliphatic hydroxyl groups excluding tert-OH is 1. The molecule has 3 rings (SSSR count). The lowest BCUT2D eigenvalue weighted by Crippen LogP contribution is -2.60. The second kappa shape index (κ2) is 13.7. The molecule has 43 heavy (non-hydrogen) atoms. The van der Waals surface area contributed by atoms with Gasteiger partial charge in [0.1, 0.15) is 17.7 Å². The lowest BCUT2D eigenvalue weighted by atomic mass is 9.99. The van der Waals surface area contributed by atoms with Gasteiger partial charge in [-0.05, 0) is 56.9 Å². The van der Waals surface area contributed by atoms with Crippen molar-refractivity contribution in [2.24, 2.45) is 17.3 Å². The van der Waals surface area contributed by atoms with E-state index in [1.165, 1.54) is 9.21 Å². The Hall–Kier alpha value is -1.70. The van der Waals surface area contributed by atoms with E-state index in [1.807, 2.05) is 0 Å². The molecule has 2 saturated heterocycles. The molecule has 11 nitrogen and oxygen atoms in total. The zero-order chi connectivity index (χ0) is 32.4. The number of piperidine rings is 1. The van der Waals surface area contributed by atoms with Crippen molar-refractivity contribution in [1.29, 1.82) is 0 Å². The van der Waals surface area contributed by atoms with Crippen LogP contribution in [0.3, 0.4) is 0 Å². The summed E-state index contributed by atoms with van der Waals surface area (Å²) in [6.07, 6.45) is 3.87. The minimum atomic E-state index is -3.73. The van der Waals surface area contributed by atoms with E-state index >= 15 is 0 Å². The van der Waals surface area contributed by atoms with Crippen LogP contribution in [0.25, 0.3) is 0 Å². The first-order valence-corrected chi connectivity index (χ1v) is 21.3. The Morgan fingerprint density at radius 2 is 1.72 bits per heavy atom. The Balaban J connectivity index is 1.98. The maximum Gasteiger partial charge on any atom is 0.408 e. The Morgan fingerprint density at radius 3 is 2.33 bits per heavy atom. The van der Waals surface area contributed by atoms with Crippen LogP contribution in [0.5, 0.6) is 0 Å². The molecule has 0 aromatic rings. The molecule has 0 bridgehead atoms. The number of sulfonamides is 1. The monoisotopic (exact) mass is 644 g/mol. The van der Waals surface area contributed by atoms with Gasteiger partial charge in [0.2, 0.25) is 21.8 Å². The van der Waals surface area contributed by atoms with E-state index < -0.39 is 53.8 Å². The first-order valence-electron chi connectivity index (χ1n) is 16.0. The van der Waals surface area contributed by atoms with E-state index in [2.05, 4.69) is 44.1 Å². The standard InChI is InChI=1S/C30H56N4O7SSi/c1-29(2,3)41-28(38)32-23-19-33(42(39,40)16-17-43(6,7)8)15-13-11-9-10-12-14-21(20-35)31-26(36)25-24-22(30(24,4)5)18-34(25)27(23)37/h21-25,35H,9-20H2,1-8H3,(H,31,36)(H,32,38)/t21-,22-,23-,24-,25-/m0/s1. The molecule has 0 radical (unpaired) electrons. The van der Waals surface area contributed by atoms with Crippen LogP contribution in [0.2, 0.25) is 25.7 Å². The van der Waals surface area contributed by atoms with Gasteiger partial charge in [-0.25, -0.2) is 13.2 Å². The fourth-order valence-electron chi connectivity index (χ4n) is 6.47. The fourth-order valence-corrected chi connectivity index (χ4v) is 11.0. The average molecular weight is 645 g/mol. The van der Waals surface area contributed by atoms with Gasteiger partial charge in [0.05, 0.1) is 18.4 Å². The summed E-state index contributed by atoms with van der Waals surface area (Å²) in [4.78, 5) is 42.5. The number of nitrogens with one attached hydrogen (secondary N) is 2. The molecule has 1 aliphatic carbocycles. The number of carbonyl (C=O) groups is 3. The number of fused-ring (bicyclic) bond motifs is 3. The average Bonchev–Trinajstić information content (AvgIpc) is 3.20. The molecule has 13 heteroatoms. The molecule has 2 heterocycles. The van der Waals surface area contributed by atoms with E-state index in [-0.39, 0.29) is 48.6 Å². The Bertz CT molecular complexity index is 1120. The smallest absolute Gasteiger partial charge is 0.408 e. The molecule has 5 atom stereocenters. The van der Waals surface area contributed by atoms with Crippen LogP contribution in [0.4, 0.5) is 4.79 Å². The third-order valence-electron chi connectivity index (χ3n) is 9.17. The third kappa shape index (κ3) is 9.64. The van der Waals surface area contributed by atoms with Gasteiger partial charge in [-0.2, -0.15) is 4.31 Å². The predicted molar refractivity (Wildman–Crippen MR) is 170 cm³/mol. The quantitative estimate of drug-likeness (QED) is 0.377. The molecule has 2 aliphatic heterocycles. The number of rotatable bonds is 6. The van der Waals surface area contributed by atoms with Crippen LogP contribution < -0.4 is 10.6 Å². The number of carbonyl (C=O) groups excluding carboxylic acids is 3. The van der Waals surface area contributed by atoms with Gasteiger partial charge in [-0.1, -0.05) is 59.2 Å². The topological polar surface area (TPSA) is 145 Å². The molecule has 0 unspecified atom stereocenters. The van der Waals surface area contributed by atoms with E-state index in [9.17, 15) is 27.9 Å². The number of amides is 3. The minimum Gasteiger partial charge on any atom is -0.444 e. The fraction of sp³-hybridized carbons (Fsp3) is 0.900. The molecule has 3 N–H and O–H groups in total. The van der Waals surface area contributed by atoms with Crippen LogP contribution in [0.15, 0.2) is 0 Å². The maximum atomic E-state index is 14.3. The summed E-state index contributed by atoms with van der Waals surface area (Å²) < 4.78 is 34.3. The largest absolute Gasteiger partial charge is 0.444 e. The highest BCUT2D eigenvalue weighted by atomic mass is 32.2. The van der Waals surface area contributed by atoms with Crippen molar-refractivity contribution in [2.75, 3.05) is 32.0 Å². The lowest BCUT2D eigenvalue weighted by molar-refractivity contribution is -0.142. The highest BCUT2D eigenvalue weighted by molar-refractivity contribution is 7.89. The van der Waals surface area contributed by atoms with Crippen LogP contribution in [0.1, 0.15) is 73.1 Å². The van der Waals surface area contributed by atoms with Gasteiger partial charge in [-0.3, -0.25) is 9.59 Å². The highest BCUT2D eigenvalue weighted by Gasteiger charge is 2.69. The van der Waals surface area contributed by atoms with Crippen molar-refractivity contribution in [2.45, 2.75) is 123 Å². The minimum absolute atomic E-state index is 0.00823. The summed E-state index contributed by atoms with van der Waals surface area (Å²) in [6, 6.07) is -1.81. The number of ether oxygens (including phenoxy) is 1. The summed E-state index contributed by atoms with van der Waals surface area (Å²) >= 11 is 0. The summed E-state index contributed by atoms with van der Waals surface area (Å²) in [5.74, 6) is -0.764. The molecule has 3 fully saturated rings. The lowest BCUT2D eigenvalue weighted by Gasteiger charge is -2.35. The summed E-state index contributed by atoms with van der Waals surface area (Å²) in [5, 5.41) is 15.7. The first-order chi connectivity index (χ1) is 19.8. The van der Waals surface area contributed by atoms with Gasteiger partial charge in [0.15, 0.2) is 0 Å². The number of aliphatic hydroxyl groups is 1. The summed E-state index contributed by atoms with van der Waals surface area (Å²) in [6.45, 7) is 15.9. The van der Waals surface area contributed by atoms with Gasteiger partial charge < -0.3 is 25.4 Å². The van der Waals surface area contributed by atoms with Gasteiger partial charge in [-0.15, -0.1) is 0 Å². The van der Waals surface area contributed by atoms with Crippen LogP contribution in [-0.4, -0.2) is 104 Å².